The van der Waals surface area contributed by atoms with Crippen molar-refractivity contribution in [1.29, 1.82) is 0 Å². The molecule has 4 aromatic rings. The SMILES string of the molecule is Cc1cnc(C2CCN(C(=O)c3ccc(-c4n[nH]c5ccccc45)cc3)CC2)[nH]1. The summed E-state index contributed by atoms with van der Waals surface area (Å²) in [4.78, 5) is 22.7. The van der Waals surface area contributed by atoms with Crippen molar-refractivity contribution in [2.45, 2.75) is 25.7 Å². The second-order valence-electron chi connectivity index (χ2n) is 7.71. The van der Waals surface area contributed by atoms with Crippen molar-refractivity contribution in [1.82, 2.24) is 25.1 Å². The molecule has 1 amide bonds. The van der Waals surface area contributed by atoms with Gasteiger partial charge in [0.05, 0.1) is 11.2 Å². The maximum Gasteiger partial charge on any atom is 0.253 e. The molecule has 6 heteroatoms. The zero-order valence-electron chi connectivity index (χ0n) is 16.4. The number of nitrogens with zero attached hydrogens (tertiary/aromatic N) is 3. The van der Waals surface area contributed by atoms with E-state index in [1.165, 1.54) is 0 Å². The third-order valence-electron chi connectivity index (χ3n) is 5.77. The first-order valence-corrected chi connectivity index (χ1v) is 10.0. The number of imidazole rings is 1. The molecule has 0 radical (unpaired) electrons. The quantitative estimate of drug-likeness (QED) is 0.552. The summed E-state index contributed by atoms with van der Waals surface area (Å²) in [5, 5.41) is 8.59. The number of H-pyrrole nitrogens is 2. The predicted molar refractivity (Wildman–Crippen MR) is 113 cm³/mol. The second kappa shape index (κ2) is 7.20. The van der Waals surface area contributed by atoms with Crippen LogP contribution in [0.2, 0.25) is 0 Å². The first-order valence-electron chi connectivity index (χ1n) is 10.0. The van der Waals surface area contributed by atoms with Crippen LogP contribution in [0.5, 0.6) is 0 Å². The molecule has 1 fully saturated rings. The molecule has 2 aromatic carbocycles. The molecule has 1 saturated heterocycles. The van der Waals surface area contributed by atoms with Gasteiger partial charge in [0.1, 0.15) is 5.82 Å². The minimum atomic E-state index is 0.0949. The monoisotopic (exact) mass is 385 g/mol. The zero-order valence-corrected chi connectivity index (χ0v) is 16.4. The molecule has 29 heavy (non-hydrogen) atoms. The van der Waals surface area contributed by atoms with Crippen LogP contribution in [0.1, 0.15) is 40.6 Å². The Labute approximate surface area is 169 Å². The summed E-state index contributed by atoms with van der Waals surface area (Å²) in [6.07, 6.45) is 3.75. The highest BCUT2D eigenvalue weighted by Gasteiger charge is 2.26. The number of para-hydroxylation sites is 1. The molecule has 5 rings (SSSR count). The van der Waals surface area contributed by atoms with Crippen molar-refractivity contribution in [3.63, 3.8) is 0 Å². The molecule has 3 heterocycles. The Kier molecular flexibility index (Phi) is 4.39. The molecule has 0 unspecified atom stereocenters. The number of fused-ring (bicyclic) bond motifs is 1. The average Bonchev–Trinajstić information content (AvgIpc) is 3.40. The Morgan fingerprint density at radius 3 is 2.55 bits per heavy atom. The molecule has 6 nitrogen and oxygen atoms in total. The van der Waals surface area contributed by atoms with E-state index in [4.69, 9.17) is 0 Å². The smallest absolute Gasteiger partial charge is 0.253 e. The molecule has 0 aliphatic carbocycles. The Morgan fingerprint density at radius 1 is 1.07 bits per heavy atom. The summed E-state index contributed by atoms with van der Waals surface area (Å²) in [5.41, 5.74) is 4.74. The summed E-state index contributed by atoms with van der Waals surface area (Å²) in [5.74, 6) is 1.55. The first kappa shape index (κ1) is 17.7. The van der Waals surface area contributed by atoms with E-state index in [0.717, 1.165) is 65.2 Å². The number of nitrogens with one attached hydrogen (secondary N) is 2. The normalized spacial score (nSPS) is 15.1. The van der Waals surface area contributed by atoms with Gasteiger partial charge in [0.15, 0.2) is 0 Å². The molecule has 2 N–H and O–H groups in total. The van der Waals surface area contributed by atoms with Gasteiger partial charge in [-0.3, -0.25) is 9.89 Å². The molecule has 146 valence electrons. The second-order valence-corrected chi connectivity index (χ2v) is 7.71. The van der Waals surface area contributed by atoms with E-state index in [9.17, 15) is 4.79 Å². The summed E-state index contributed by atoms with van der Waals surface area (Å²) >= 11 is 0. The van der Waals surface area contributed by atoms with Crippen molar-refractivity contribution in [2.75, 3.05) is 13.1 Å². The molecule has 1 aliphatic rings. The summed E-state index contributed by atoms with van der Waals surface area (Å²) < 4.78 is 0. The molecule has 1 aliphatic heterocycles. The van der Waals surface area contributed by atoms with Gasteiger partial charge in [-0.25, -0.2) is 4.98 Å². The fourth-order valence-electron chi connectivity index (χ4n) is 4.13. The minimum absolute atomic E-state index is 0.0949. The van der Waals surface area contributed by atoms with Crippen LogP contribution >= 0.6 is 0 Å². The van der Waals surface area contributed by atoms with E-state index in [-0.39, 0.29) is 5.91 Å². The van der Waals surface area contributed by atoms with Crippen molar-refractivity contribution < 1.29 is 4.79 Å². The van der Waals surface area contributed by atoms with Gasteiger partial charge >= 0.3 is 0 Å². The van der Waals surface area contributed by atoms with E-state index in [1.807, 2.05) is 60.5 Å². The third kappa shape index (κ3) is 3.31. The Hall–Kier alpha value is -3.41. The predicted octanol–water partition coefficient (Wildman–Crippen LogP) is 4.28. The molecular weight excluding hydrogens is 362 g/mol. The molecule has 0 bridgehead atoms. The van der Waals surface area contributed by atoms with Crippen LogP contribution in [0.4, 0.5) is 0 Å². The van der Waals surface area contributed by atoms with Crippen molar-refractivity contribution in [3.05, 3.63) is 71.8 Å². The van der Waals surface area contributed by atoms with Gasteiger partial charge in [0.2, 0.25) is 0 Å². The van der Waals surface area contributed by atoms with Crippen molar-refractivity contribution >= 4 is 16.8 Å². The van der Waals surface area contributed by atoms with Crippen LogP contribution in [-0.4, -0.2) is 44.1 Å². The fourth-order valence-corrected chi connectivity index (χ4v) is 4.13. The van der Waals surface area contributed by atoms with Crippen LogP contribution in [0.15, 0.2) is 54.7 Å². The number of carbonyl (C=O) groups is 1. The highest BCUT2D eigenvalue weighted by atomic mass is 16.2. The number of benzene rings is 2. The lowest BCUT2D eigenvalue weighted by Gasteiger charge is -2.31. The summed E-state index contributed by atoms with van der Waals surface area (Å²) in [7, 11) is 0. The van der Waals surface area contributed by atoms with E-state index in [2.05, 4.69) is 26.2 Å². The lowest BCUT2D eigenvalue weighted by atomic mass is 9.95. The van der Waals surface area contributed by atoms with E-state index < -0.39 is 0 Å². The molecule has 2 aromatic heterocycles. The number of likely N-dealkylation sites (tertiary alicyclic amines) is 1. The Balaban J connectivity index is 1.28. The summed E-state index contributed by atoms with van der Waals surface area (Å²) in [6, 6.07) is 15.8. The zero-order chi connectivity index (χ0) is 19.8. The van der Waals surface area contributed by atoms with Gasteiger partial charge in [0, 0.05) is 47.4 Å². The largest absolute Gasteiger partial charge is 0.346 e. The number of hydrogen-bond acceptors (Lipinski definition) is 3. The Morgan fingerprint density at radius 2 is 1.83 bits per heavy atom. The number of carbonyl (C=O) groups excluding carboxylic acids is 1. The maximum atomic E-state index is 12.9. The standard InChI is InChI=1S/C23H23N5O/c1-15-14-24-22(25-15)17-10-12-28(13-11-17)23(29)18-8-6-16(7-9-18)21-19-4-2-3-5-20(19)26-27-21/h2-9,14,17H,10-13H2,1H3,(H,24,25)(H,26,27). The van der Waals surface area contributed by atoms with E-state index in [1.54, 1.807) is 0 Å². The lowest BCUT2D eigenvalue weighted by Crippen LogP contribution is -2.38. The average molecular weight is 385 g/mol. The van der Waals surface area contributed by atoms with Gasteiger partial charge in [-0.2, -0.15) is 5.10 Å². The number of amides is 1. The highest BCUT2D eigenvalue weighted by molar-refractivity contribution is 5.96. The number of piperidine rings is 1. The van der Waals surface area contributed by atoms with Crippen LogP contribution in [0, 0.1) is 6.92 Å². The molecular formula is C23H23N5O. The van der Waals surface area contributed by atoms with Crippen LogP contribution in [0.25, 0.3) is 22.2 Å². The number of aromatic nitrogens is 4. The molecule has 0 atom stereocenters. The van der Waals surface area contributed by atoms with Gasteiger partial charge in [-0.15, -0.1) is 0 Å². The first-order chi connectivity index (χ1) is 14.2. The third-order valence-corrected chi connectivity index (χ3v) is 5.77. The fraction of sp³-hybridized carbons (Fsp3) is 0.261. The van der Waals surface area contributed by atoms with Crippen LogP contribution in [0.3, 0.4) is 0 Å². The van der Waals surface area contributed by atoms with E-state index >= 15 is 0 Å². The Bertz CT molecular complexity index is 1150. The number of hydrogen-bond donors (Lipinski definition) is 2. The number of aryl methyl sites for hydroxylation is 1. The van der Waals surface area contributed by atoms with E-state index in [0.29, 0.717) is 5.92 Å². The van der Waals surface area contributed by atoms with Crippen LogP contribution < -0.4 is 0 Å². The number of aromatic amines is 2. The topological polar surface area (TPSA) is 77.7 Å². The maximum absolute atomic E-state index is 12.9. The van der Waals surface area contributed by atoms with Crippen molar-refractivity contribution in [2.24, 2.45) is 0 Å². The number of rotatable bonds is 3. The van der Waals surface area contributed by atoms with Crippen molar-refractivity contribution in [3.8, 4) is 11.3 Å². The summed E-state index contributed by atoms with van der Waals surface area (Å²) in [6.45, 7) is 3.54. The highest BCUT2D eigenvalue weighted by Crippen LogP contribution is 2.28. The van der Waals surface area contributed by atoms with Crippen LogP contribution in [-0.2, 0) is 0 Å². The lowest BCUT2D eigenvalue weighted by molar-refractivity contribution is 0.0711. The van der Waals surface area contributed by atoms with Gasteiger partial charge in [-0.05, 0) is 38.0 Å². The van der Waals surface area contributed by atoms with Gasteiger partial charge < -0.3 is 9.88 Å². The van der Waals surface area contributed by atoms with Gasteiger partial charge in [0.25, 0.3) is 5.91 Å². The molecule has 0 saturated carbocycles. The molecule has 0 spiro atoms. The van der Waals surface area contributed by atoms with Gasteiger partial charge in [-0.1, -0.05) is 30.3 Å². The minimum Gasteiger partial charge on any atom is -0.346 e.